The number of primary sulfonamides is 1. The highest BCUT2D eigenvalue weighted by molar-refractivity contribution is 7.89. The molecule has 1 unspecified atom stereocenters. The average Bonchev–Trinajstić information content (AvgIpc) is 3.11. The number of halogens is 1. The SMILES string of the molecule is NS(=O)(=O)c1ccc(F)c(C(=O)N2CCCC(c3cc4ccccc4[nH]3)C2)c1. The van der Waals surface area contributed by atoms with Crippen LogP contribution in [0, 0.1) is 5.82 Å². The summed E-state index contributed by atoms with van der Waals surface area (Å²) in [6.45, 7) is 0.930. The first-order valence-electron chi connectivity index (χ1n) is 9.02. The summed E-state index contributed by atoms with van der Waals surface area (Å²) < 4.78 is 37.3. The van der Waals surface area contributed by atoms with Crippen LogP contribution in [0.4, 0.5) is 4.39 Å². The van der Waals surface area contributed by atoms with E-state index in [2.05, 4.69) is 11.1 Å². The molecule has 4 rings (SSSR count). The van der Waals surface area contributed by atoms with Crippen molar-refractivity contribution >= 4 is 26.8 Å². The minimum absolute atomic E-state index is 0.106. The van der Waals surface area contributed by atoms with Crippen molar-refractivity contribution in [3.63, 3.8) is 0 Å². The Morgan fingerprint density at radius 3 is 2.71 bits per heavy atom. The number of hydrogen-bond donors (Lipinski definition) is 2. The van der Waals surface area contributed by atoms with E-state index in [1.165, 1.54) is 0 Å². The number of para-hydroxylation sites is 1. The number of carbonyl (C=O) groups is 1. The summed E-state index contributed by atoms with van der Waals surface area (Å²) in [5, 5.41) is 6.21. The summed E-state index contributed by atoms with van der Waals surface area (Å²) in [4.78, 5) is 17.6. The van der Waals surface area contributed by atoms with Crippen molar-refractivity contribution in [2.75, 3.05) is 13.1 Å². The van der Waals surface area contributed by atoms with Gasteiger partial charge in [-0.2, -0.15) is 0 Å². The Kier molecular flexibility index (Phi) is 4.68. The fraction of sp³-hybridized carbons (Fsp3) is 0.250. The van der Waals surface area contributed by atoms with Crippen LogP contribution in [0.3, 0.4) is 0 Å². The Bertz CT molecular complexity index is 1120. The number of aromatic amines is 1. The second kappa shape index (κ2) is 7.03. The van der Waals surface area contributed by atoms with Gasteiger partial charge in [-0.25, -0.2) is 17.9 Å². The van der Waals surface area contributed by atoms with Crippen molar-refractivity contribution in [1.82, 2.24) is 9.88 Å². The quantitative estimate of drug-likeness (QED) is 0.706. The molecule has 2 aromatic carbocycles. The molecule has 0 saturated carbocycles. The standard InChI is InChI=1S/C20H20FN3O3S/c21-17-8-7-15(28(22,26)27)11-16(17)20(25)24-9-3-5-14(12-24)19-10-13-4-1-2-6-18(13)23-19/h1-2,4,6-8,10-11,14,23H,3,5,9,12H2,(H2,22,26,27). The lowest BCUT2D eigenvalue weighted by molar-refractivity contribution is 0.0701. The second-order valence-electron chi connectivity index (χ2n) is 7.09. The van der Waals surface area contributed by atoms with Gasteiger partial charge in [0.2, 0.25) is 10.0 Å². The topological polar surface area (TPSA) is 96.3 Å². The molecule has 0 bridgehead atoms. The van der Waals surface area contributed by atoms with Gasteiger partial charge in [-0.05, 0) is 48.6 Å². The number of nitrogens with two attached hydrogens (primary N) is 1. The molecule has 0 aliphatic carbocycles. The van der Waals surface area contributed by atoms with Gasteiger partial charge in [0.15, 0.2) is 0 Å². The lowest BCUT2D eigenvalue weighted by Crippen LogP contribution is -2.39. The number of fused-ring (bicyclic) bond motifs is 1. The summed E-state index contributed by atoms with van der Waals surface area (Å²) >= 11 is 0. The number of carbonyl (C=O) groups excluding carboxylic acids is 1. The zero-order valence-electron chi connectivity index (χ0n) is 15.1. The Labute approximate surface area is 162 Å². The minimum atomic E-state index is -4.02. The number of H-pyrrole nitrogens is 1. The largest absolute Gasteiger partial charge is 0.358 e. The summed E-state index contributed by atoms with van der Waals surface area (Å²) in [6.07, 6.45) is 1.69. The molecule has 0 radical (unpaired) electrons. The molecule has 1 aliphatic heterocycles. The van der Waals surface area contributed by atoms with Crippen molar-refractivity contribution in [1.29, 1.82) is 0 Å². The molecule has 28 heavy (non-hydrogen) atoms. The number of likely N-dealkylation sites (tertiary alicyclic amines) is 1. The van der Waals surface area contributed by atoms with E-state index in [0.29, 0.717) is 13.1 Å². The Hall–Kier alpha value is -2.71. The highest BCUT2D eigenvalue weighted by Crippen LogP contribution is 2.30. The van der Waals surface area contributed by atoms with Crippen molar-refractivity contribution in [3.05, 3.63) is 65.6 Å². The number of sulfonamides is 1. The van der Waals surface area contributed by atoms with Crippen LogP contribution >= 0.6 is 0 Å². The summed E-state index contributed by atoms with van der Waals surface area (Å²) in [5.41, 5.74) is 1.80. The van der Waals surface area contributed by atoms with Crippen molar-refractivity contribution in [2.45, 2.75) is 23.7 Å². The molecule has 8 heteroatoms. The molecule has 1 fully saturated rings. The molecule has 1 amide bonds. The van der Waals surface area contributed by atoms with E-state index in [4.69, 9.17) is 5.14 Å². The molecule has 6 nitrogen and oxygen atoms in total. The number of benzene rings is 2. The Balaban J connectivity index is 1.60. The average molecular weight is 401 g/mol. The molecular weight excluding hydrogens is 381 g/mol. The third kappa shape index (κ3) is 3.53. The normalized spacial score (nSPS) is 17.8. The minimum Gasteiger partial charge on any atom is -0.358 e. The van der Waals surface area contributed by atoms with Gasteiger partial charge in [-0.15, -0.1) is 0 Å². The van der Waals surface area contributed by atoms with Crippen LogP contribution in [0.5, 0.6) is 0 Å². The Morgan fingerprint density at radius 2 is 1.96 bits per heavy atom. The van der Waals surface area contributed by atoms with E-state index in [0.717, 1.165) is 47.6 Å². The highest BCUT2D eigenvalue weighted by Gasteiger charge is 2.28. The predicted octanol–water partition coefficient (Wildman–Crippen LogP) is 2.97. The maximum Gasteiger partial charge on any atom is 0.256 e. The van der Waals surface area contributed by atoms with E-state index >= 15 is 0 Å². The zero-order valence-corrected chi connectivity index (χ0v) is 15.9. The Morgan fingerprint density at radius 1 is 1.18 bits per heavy atom. The third-order valence-electron chi connectivity index (χ3n) is 5.20. The van der Waals surface area contributed by atoms with Crippen molar-refractivity contribution in [3.8, 4) is 0 Å². The number of hydrogen-bond acceptors (Lipinski definition) is 3. The molecule has 3 N–H and O–H groups in total. The molecule has 1 aliphatic rings. The van der Waals surface area contributed by atoms with Crippen LogP contribution in [-0.2, 0) is 10.0 Å². The predicted molar refractivity (Wildman–Crippen MR) is 104 cm³/mol. The molecule has 146 valence electrons. The number of nitrogens with one attached hydrogen (secondary N) is 1. The number of aromatic nitrogens is 1. The monoisotopic (exact) mass is 401 g/mol. The van der Waals surface area contributed by atoms with E-state index in [1.807, 2.05) is 24.3 Å². The fourth-order valence-corrected chi connectivity index (χ4v) is 4.29. The first-order chi connectivity index (χ1) is 13.3. The van der Waals surface area contributed by atoms with Gasteiger partial charge in [-0.3, -0.25) is 4.79 Å². The van der Waals surface area contributed by atoms with Gasteiger partial charge in [0, 0.05) is 30.2 Å². The maximum absolute atomic E-state index is 14.2. The maximum atomic E-state index is 14.2. The molecule has 1 saturated heterocycles. The smallest absolute Gasteiger partial charge is 0.256 e. The van der Waals surface area contributed by atoms with Crippen LogP contribution in [0.15, 0.2) is 53.4 Å². The number of nitrogens with zero attached hydrogens (tertiary/aromatic N) is 1. The van der Waals surface area contributed by atoms with Crippen molar-refractivity contribution < 1.29 is 17.6 Å². The molecule has 0 spiro atoms. The number of rotatable bonds is 3. The molecule has 1 aromatic heterocycles. The second-order valence-corrected chi connectivity index (χ2v) is 8.65. The van der Waals surface area contributed by atoms with E-state index < -0.39 is 21.7 Å². The number of amides is 1. The number of piperidine rings is 1. The highest BCUT2D eigenvalue weighted by atomic mass is 32.2. The van der Waals surface area contributed by atoms with Gasteiger partial charge in [0.05, 0.1) is 10.5 Å². The van der Waals surface area contributed by atoms with E-state index in [-0.39, 0.29) is 16.4 Å². The van der Waals surface area contributed by atoms with Crippen LogP contribution in [0.25, 0.3) is 10.9 Å². The summed E-state index contributed by atoms with van der Waals surface area (Å²) in [5.74, 6) is -1.18. The van der Waals surface area contributed by atoms with Crippen LogP contribution < -0.4 is 5.14 Å². The molecule has 3 aromatic rings. The van der Waals surface area contributed by atoms with Crippen LogP contribution in [0.1, 0.15) is 34.8 Å². The van der Waals surface area contributed by atoms with E-state index in [9.17, 15) is 17.6 Å². The van der Waals surface area contributed by atoms with Gasteiger partial charge in [0.25, 0.3) is 5.91 Å². The fourth-order valence-electron chi connectivity index (χ4n) is 3.75. The lowest BCUT2D eigenvalue weighted by Gasteiger charge is -2.32. The van der Waals surface area contributed by atoms with Gasteiger partial charge in [-0.1, -0.05) is 18.2 Å². The van der Waals surface area contributed by atoms with Crippen LogP contribution in [0.2, 0.25) is 0 Å². The zero-order chi connectivity index (χ0) is 19.9. The summed E-state index contributed by atoms with van der Waals surface area (Å²) in [6, 6.07) is 13.1. The third-order valence-corrected chi connectivity index (χ3v) is 6.11. The lowest BCUT2D eigenvalue weighted by atomic mass is 9.94. The van der Waals surface area contributed by atoms with Crippen molar-refractivity contribution in [2.24, 2.45) is 5.14 Å². The molecule has 1 atom stereocenters. The summed E-state index contributed by atoms with van der Waals surface area (Å²) in [7, 11) is -4.02. The van der Waals surface area contributed by atoms with Gasteiger partial charge < -0.3 is 9.88 Å². The van der Waals surface area contributed by atoms with E-state index in [1.54, 1.807) is 4.90 Å². The van der Waals surface area contributed by atoms with Crippen LogP contribution in [-0.4, -0.2) is 37.3 Å². The van der Waals surface area contributed by atoms with Gasteiger partial charge in [0.1, 0.15) is 5.82 Å². The first-order valence-corrected chi connectivity index (χ1v) is 10.6. The van der Waals surface area contributed by atoms with Gasteiger partial charge >= 0.3 is 0 Å². The first kappa shape index (κ1) is 18.6. The molecule has 2 heterocycles. The molecular formula is C20H20FN3O3S.